The van der Waals surface area contributed by atoms with Crippen molar-refractivity contribution in [3.63, 3.8) is 0 Å². The average Bonchev–Trinajstić information content (AvgIpc) is 2.81. The van der Waals surface area contributed by atoms with E-state index in [-0.39, 0.29) is 35.0 Å². The third kappa shape index (κ3) is 4.58. The molecule has 0 aromatic heterocycles. The van der Waals surface area contributed by atoms with Crippen LogP contribution in [-0.4, -0.2) is 48.6 Å². The predicted molar refractivity (Wildman–Crippen MR) is 122 cm³/mol. The number of benzene rings is 1. The fourth-order valence-corrected chi connectivity index (χ4v) is 4.63. The van der Waals surface area contributed by atoms with E-state index in [9.17, 15) is 29.6 Å². The number of rotatable bonds is 7. The van der Waals surface area contributed by atoms with Crippen LogP contribution < -0.4 is 10.1 Å². The number of allylic oxidation sites excluding steroid dienone is 3. The van der Waals surface area contributed by atoms with Crippen LogP contribution in [-0.2, 0) is 23.9 Å². The highest BCUT2D eigenvalue weighted by Crippen LogP contribution is 2.48. The van der Waals surface area contributed by atoms with Gasteiger partial charge >= 0.3 is 17.6 Å². The molecule has 1 aliphatic heterocycles. The van der Waals surface area contributed by atoms with Crippen LogP contribution in [0.25, 0.3) is 0 Å². The van der Waals surface area contributed by atoms with E-state index in [4.69, 9.17) is 14.2 Å². The molecule has 188 valence electrons. The molecule has 3 rings (SSSR count). The fraction of sp³-hybridized carbons (Fsp3) is 0.458. The number of nitro benzene ring substituents is 1. The number of hydrogen-bond acceptors (Lipinski definition) is 10. The first-order valence-electron chi connectivity index (χ1n) is 11.1. The van der Waals surface area contributed by atoms with Crippen molar-refractivity contribution in [2.45, 2.75) is 39.5 Å². The van der Waals surface area contributed by atoms with Gasteiger partial charge in [-0.2, -0.15) is 0 Å². The van der Waals surface area contributed by atoms with Crippen LogP contribution in [0.2, 0.25) is 0 Å². The number of Topliss-reactive ketones (excluding diaryl/α,β-unsaturated/α-hetero) is 1. The fourth-order valence-electron chi connectivity index (χ4n) is 4.63. The lowest BCUT2D eigenvalue weighted by molar-refractivity contribution is -0.386. The van der Waals surface area contributed by atoms with Gasteiger partial charge in [-0.1, -0.05) is 13.8 Å². The number of esters is 2. The van der Waals surface area contributed by atoms with Crippen molar-refractivity contribution in [1.29, 1.82) is 0 Å². The molecule has 0 saturated heterocycles. The Hall–Kier alpha value is -3.89. The van der Waals surface area contributed by atoms with E-state index in [1.54, 1.807) is 13.8 Å². The zero-order valence-electron chi connectivity index (χ0n) is 20.2. The number of nitro groups is 1. The number of carbonyl (C=O) groups excluding carboxylic acids is 3. The van der Waals surface area contributed by atoms with Crippen LogP contribution in [0.1, 0.15) is 45.1 Å². The predicted octanol–water partition coefficient (Wildman–Crippen LogP) is 2.88. The second-order valence-electron chi connectivity index (χ2n) is 8.52. The van der Waals surface area contributed by atoms with Crippen molar-refractivity contribution in [2.75, 3.05) is 20.8 Å². The van der Waals surface area contributed by atoms with Crippen molar-refractivity contribution in [3.05, 3.63) is 50.4 Å². The Labute approximate surface area is 201 Å². The number of aromatic hydroxyl groups is 1. The highest BCUT2D eigenvalue weighted by atomic mass is 16.6. The molecule has 3 unspecified atom stereocenters. The lowest BCUT2D eigenvalue weighted by Crippen LogP contribution is -2.43. The lowest BCUT2D eigenvalue weighted by Gasteiger charge is -2.38. The minimum atomic E-state index is -1.11. The monoisotopic (exact) mass is 488 g/mol. The highest BCUT2D eigenvalue weighted by molar-refractivity contribution is 6.12. The smallest absolute Gasteiger partial charge is 0.336 e. The summed E-state index contributed by atoms with van der Waals surface area (Å²) in [4.78, 5) is 50.2. The molecule has 0 bridgehead atoms. The first kappa shape index (κ1) is 25.7. The summed E-state index contributed by atoms with van der Waals surface area (Å²) < 4.78 is 15.4. The summed E-state index contributed by atoms with van der Waals surface area (Å²) in [6.45, 7) is 5.35. The van der Waals surface area contributed by atoms with E-state index in [0.717, 1.165) is 6.07 Å². The Morgan fingerprint density at radius 3 is 2.54 bits per heavy atom. The van der Waals surface area contributed by atoms with Crippen LogP contribution in [0.5, 0.6) is 11.5 Å². The third-order valence-electron chi connectivity index (χ3n) is 6.23. The number of nitrogens with zero attached hydrogens (tertiary/aromatic N) is 1. The molecule has 2 aliphatic rings. The first-order chi connectivity index (χ1) is 16.6. The summed E-state index contributed by atoms with van der Waals surface area (Å²) in [5.41, 5.74) is 0.628. The van der Waals surface area contributed by atoms with Gasteiger partial charge in [0.25, 0.3) is 0 Å². The maximum Gasteiger partial charge on any atom is 0.336 e. The summed E-state index contributed by atoms with van der Waals surface area (Å²) in [5, 5.41) is 25.0. The van der Waals surface area contributed by atoms with Crippen LogP contribution in [0.4, 0.5) is 5.69 Å². The SMILES string of the molecule is CCCOC(=O)C1=C(C)NC2=C(C(=O)C(C(=O)OC)C(C)C2)C1c1cc(OC)c(O)c([N+](=O)[O-])c1. The molecule has 11 heteroatoms. The van der Waals surface area contributed by atoms with Gasteiger partial charge in [0.05, 0.1) is 31.3 Å². The van der Waals surface area contributed by atoms with Gasteiger partial charge < -0.3 is 24.6 Å². The van der Waals surface area contributed by atoms with Crippen molar-refractivity contribution < 1.29 is 38.6 Å². The topological polar surface area (TPSA) is 154 Å². The number of carbonyl (C=O) groups is 3. The van der Waals surface area contributed by atoms with E-state index in [1.165, 1.54) is 20.3 Å². The molecule has 35 heavy (non-hydrogen) atoms. The van der Waals surface area contributed by atoms with Gasteiger partial charge in [-0.15, -0.1) is 0 Å². The number of nitrogens with one attached hydrogen (secondary N) is 1. The van der Waals surface area contributed by atoms with Gasteiger partial charge in [0.2, 0.25) is 5.75 Å². The molecule has 1 aliphatic carbocycles. The van der Waals surface area contributed by atoms with E-state index in [0.29, 0.717) is 24.2 Å². The van der Waals surface area contributed by atoms with Crippen molar-refractivity contribution in [3.8, 4) is 11.5 Å². The molecule has 0 radical (unpaired) electrons. The average molecular weight is 488 g/mol. The number of phenols is 1. The first-order valence-corrected chi connectivity index (χ1v) is 11.1. The van der Waals surface area contributed by atoms with Crippen LogP contribution in [0.3, 0.4) is 0 Å². The molecule has 1 aromatic rings. The maximum atomic E-state index is 13.7. The molecule has 0 amide bonds. The maximum absolute atomic E-state index is 13.7. The van der Waals surface area contributed by atoms with Gasteiger partial charge in [-0.05, 0) is 37.3 Å². The van der Waals surface area contributed by atoms with Gasteiger partial charge in [0.1, 0.15) is 5.92 Å². The van der Waals surface area contributed by atoms with Gasteiger partial charge in [-0.3, -0.25) is 19.7 Å². The summed E-state index contributed by atoms with van der Waals surface area (Å²) in [6, 6.07) is 2.43. The Kier molecular flexibility index (Phi) is 7.47. The third-order valence-corrected chi connectivity index (χ3v) is 6.23. The Balaban J connectivity index is 2.30. The Morgan fingerprint density at radius 2 is 1.97 bits per heavy atom. The number of phenolic OH excluding ortho intramolecular Hbond substituents is 1. The second-order valence-corrected chi connectivity index (χ2v) is 8.52. The molecular formula is C24H28N2O9. The summed E-state index contributed by atoms with van der Waals surface area (Å²) >= 11 is 0. The van der Waals surface area contributed by atoms with Crippen LogP contribution in [0, 0.1) is 22.0 Å². The molecular weight excluding hydrogens is 460 g/mol. The Morgan fingerprint density at radius 1 is 1.29 bits per heavy atom. The van der Waals surface area contributed by atoms with E-state index in [2.05, 4.69) is 5.32 Å². The standard InChI is InChI=1S/C24H28N2O9/c1-6-7-35-24(30)18-12(3)25-14-8-11(2)17(23(29)34-5)22(28)20(14)19(18)13-9-15(26(31)32)21(27)16(10-13)33-4/h9-11,17,19,25,27H,6-8H2,1-5H3. The van der Waals surface area contributed by atoms with Crippen molar-refractivity contribution in [1.82, 2.24) is 5.32 Å². The number of ether oxygens (including phenoxy) is 3. The highest BCUT2D eigenvalue weighted by Gasteiger charge is 2.47. The molecule has 0 fully saturated rings. The summed E-state index contributed by atoms with van der Waals surface area (Å²) in [6.07, 6.45) is 0.868. The minimum absolute atomic E-state index is 0.0748. The quantitative estimate of drug-likeness (QED) is 0.253. The summed E-state index contributed by atoms with van der Waals surface area (Å²) in [5.74, 6) is -5.43. The van der Waals surface area contributed by atoms with Crippen molar-refractivity contribution >= 4 is 23.4 Å². The minimum Gasteiger partial charge on any atom is -0.500 e. The zero-order valence-corrected chi connectivity index (χ0v) is 20.2. The Bertz CT molecular complexity index is 1150. The van der Waals surface area contributed by atoms with Crippen molar-refractivity contribution in [2.24, 2.45) is 11.8 Å². The van der Waals surface area contributed by atoms with Crippen LogP contribution in [0.15, 0.2) is 34.7 Å². The second kappa shape index (κ2) is 10.2. The molecule has 0 spiro atoms. The molecule has 2 N–H and O–H groups in total. The number of methoxy groups -OCH3 is 2. The van der Waals surface area contributed by atoms with Gasteiger partial charge in [0.15, 0.2) is 11.5 Å². The van der Waals surface area contributed by atoms with E-state index in [1.807, 2.05) is 6.92 Å². The van der Waals surface area contributed by atoms with Gasteiger partial charge in [0, 0.05) is 29.0 Å². The zero-order chi connectivity index (χ0) is 26.0. The number of hydrogen-bond donors (Lipinski definition) is 2. The van der Waals surface area contributed by atoms with E-state index < -0.39 is 45.9 Å². The molecule has 1 heterocycles. The molecule has 3 atom stereocenters. The normalized spacial score (nSPS) is 21.7. The molecule has 1 aromatic carbocycles. The largest absolute Gasteiger partial charge is 0.500 e. The van der Waals surface area contributed by atoms with Crippen LogP contribution >= 0.6 is 0 Å². The molecule has 11 nitrogen and oxygen atoms in total. The van der Waals surface area contributed by atoms with E-state index >= 15 is 0 Å². The number of ketones is 1. The summed E-state index contributed by atoms with van der Waals surface area (Å²) in [7, 11) is 2.42. The lowest BCUT2D eigenvalue weighted by atomic mass is 9.69. The number of dihydropyridines is 1. The molecule has 0 saturated carbocycles. The van der Waals surface area contributed by atoms with Gasteiger partial charge in [-0.25, -0.2) is 4.79 Å².